The van der Waals surface area contributed by atoms with Crippen molar-refractivity contribution in [1.29, 1.82) is 0 Å². The molecule has 0 bridgehead atoms. The lowest BCUT2D eigenvalue weighted by Gasteiger charge is -2.40. The van der Waals surface area contributed by atoms with Crippen molar-refractivity contribution in [1.82, 2.24) is 0 Å². The maximum Gasteiger partial charge on any atom is 0.364 e. The van der Waals surface area contributed by atoms with E-state index in [4.69, 9.17) is 16.3 Å². The van der Waals surface area contributed by atoms with Gasteiger partial charge < -0.3 is 30.3 Å². The maximum atomic E-state index is 10.8. The Balaban J connectivity index is 2.77. The number of aliphatic hydroxyl groups is 4. The molecule has 5 N–H and O–H groups in total. The minimum Gasteiger partial charge on any atom is -0.477 e. The summed E-state index contributed by atoms with van der Waals surface area (Å²) >= 11 is 0. The molecule has 0 aliphatic carbocycles. The van der Waals surface area contributed by atoms with Crippen LogP contribution in [0.1, 0.15) is 19.3 Å². The van der Waals surface area contributed by atoms with Gasteiger partial charge in [-0.1, -0.05) is 0 Å². The summed E-state index contributed by atoms with van der Waals surface area (Å²) in [6.07, 6.45) is -0.917. The third kappa shape index (κ3) is 3.19. The van der Waals surface area contributed by atoms with Gasteiger partial charge in [0.05, 0.1) is 18.3 Å². The monoisotopic (exact) mass is 260 g/mol. The number of carbonyl (C=O) groups is 1. The van der Waals surface area contributed by atoms with Gasteiger partial charge in [0, 0.05) is 19.3 Å². The second-order valence-electron chi connectivity index (χ2n) is 4.31. The van der Waals surface area contributed by atoms with Gasteiger partial charge in [0.25, 0.3) is 5.79 Å². The van der Waals surface area contributed by atoms with E-state index < -0.39 is 42.6 Å². The molecule has 1 heterocycles. The summed E-state index contributed by atoms with van der Waals surface area (Å²) in [6.45, 7) is 0. The highest BCUT2D eigenvalue weighted by molar-refractivity contribution is 5.75. The van der Waals surface area contributed by atoms with Crippen LogP contribution in [0.15, 0.2) is 0 Å². The van der Waals surface area contributed by atoms with E-state index in [-0.39, 0.29) is 12.8 Å². The summed E-state index contributed by atoms with van der Waals surface area (Å²) in [5.74, 6) is -2.03. The molecule has 7 heteroatoms. The SMILES string of the molecule is C#CCC(O)C[C@H]1OC(O)(C(=O)O)C[C@@H](O)[C@H]1O. The maximum absolute atomic E-state index is 10.8. The second kappa shape index (κ2) is 5.65. The Morgan fingerprint density at radius 1 is 1.56 bits per heavy atom. The van der Waals surface area contributed by atoms with Crippen LogP contribution in [-0.2, 0) is 9.53 Å². The Kier molecular flexibility index (Phi) is 4.67. The zero-order valence-electron chi connectivity index (χ0n) is 9.56. The molecule has 0 saturated carbocycles. The van der Waals surface area contributed by atoms with Crippen molar-refractivity contribution in [2.45, 2.75) is 49.5 Å². The van der Waals surface area contributed by atoms with Crippen molar-refractivity contribution in [3.8, 4) is 12.3 Å². The number of aliphatic carboxylic acids is 1. The molecule has 0 radical (unpaired) electrons. The first-order valence-electron chi connectivity index (χ1n) is 5.41. The number of rotatable bonds is 4. The molecule has 2 unspecified atom stereocenters. The number of carboxylic acids is 1. The van der Waals surface area contributed by atoms with Crippen LogP contribution in [0.5, 0.6) is 0 Å². The van der Waals surface area contributed by atoms with E-state index in [9.17, 15) is 25.2 Å². The quantitative estimate of drug-likeness (QED) is 0.371. The summed E-state index contributed by atoms with van der Waals surface area (Å²) in [6, 6.07) is 0. The Bertz CT molecular complexity index is 350. The summed E-state index contributed by atoms with van der Waals surface area (Å²) < 4.78 is 4.85. The molecular weight excluding hydrogens is 244 g/mol. The van der Waals surface area contributed by atoms with Crippen molar-refractivity contribution in [3.05, 3.63) is 0 Å². The van der Waals surface area contributed by atoms with E-state index in [2.05, 4.69) is 5.92 Å². The van der Waals surface area contributed by atoms with Gasteiger partial charge in [-0.3, -0.25) is 0 Å². The highest BCUT2D eigenvalue weighted by atomic mass is 16.7. The molecule has 0 amide bonds. The Labute approximate surface area is 104 Å². The van der Waals surface area contributed by atoms with E-state index in [1.165, 1.54) is 0 Å². The molecule has 0 spiro atoms. The van der Waals surface area contributed by atoms with E-state index in [0.29, 0.717) is 0 Å². The van der Waals surface area contributed by atoms with E-state index in [1.54, 1.807) is 0 Å². The molecular formula is C11H16O7. The van der Waals surface area contributed by atoms with Crippen molar-refractivity contribution in [2.24, 2.45) is 0 Å². The molecule has 1 aliphatic rings. The van der Waals surface area contributed by atoms with Gasteiger partial charge in [0.2, 0.25) is 0 Å². The van der Waals surface area contributed by atoms with Crippen LogP contribution in [0.4, 0.5) is 0 Å². The standard InChI is InChI=1S/C11H16O7/c1-2-3-6(12)4-8-9(14)7(13)5-11(17,18-8)10(15)16/h1,6-9,12-14,17H,3-5H2,(H,15,16)/t6?,7-,8-,9-,11?/m1/s1. The van der Waals surface area contributed by atoms with Crippen molar-refractivity contribution < 1.29 is 35.1 Å². The third-order valence-electron chi connectivity index (χ3n) is 2.80. The van der Waals surface area contributed by atoms with Crippen LogP contribution in [0.2, 0.25) is 0 Å². The molecule has 1 aliphatic heterocycles. The molecule has 0 aromatic carbocycles. The lowest BCUT2D eigenvalue weighted by molar-refractivity contribution is -0.296. The van der Waals surface area contributed by atoms with Gasteiger partial charge in [-0.25, -0.2) is 4.79 Å². The average molecular weight is 260 g/mol. The smallest absolute Gasteiger partial charge is 0.364 e. The van der Waals surface area contributed by atoms with Crippen molar-refractivity contribution in [3.63, 3.8) is 0 Å². The number of carboxylic acid groups (broad SMARTS) is 1. The molecule has 1 saturated heterocycles. The summed E-state index contributed by atoms with van der Waals surface area (Å²) in [4.78, 5) is 10.8. The van der Waals surface area contributed by atoms with Crippen molar-refractivity contribution in [2.75, 3.05) is 0 Å². The highest BCUT2D eigenvalue weighted by Gasteiger charge is 2.50. The molecule has 5 atom stereocenters. The number of hydrogen-bond donors (Lipinski definition) is 5. The van der Waals surface area contributed by atoms with E-state index in [0.717, 1.165) is 0 Å². The average Bonchev–Trinajstić information content (AvgIpc) is 2.25. The normalized spacial score (nSPS) is 37.8. The molecule has 0 aromatic rings. The van der Waals surface area contributed by atoms with Gasteiger partial charge >= 0.3 is 5.97 Å². The highest BCUT2D eigenvalue weighted by Crippen LogP contribution is 2.30. The molecule has 0 aromatic heterocycles. The fourth-order valence-corrected chi connectivity index (χ4v) is 1.83. The third-order valence-corrected chi connectivity index (χ3v) is 2.80. The van der Waals surface area contributed by atoms with Gasteiger partial charge in [0.15, 0.2) is 0 Å². The summed E-state index contributed by atoms with van der Waals surface area (Å²) in [7, 11) is 0. The molecule has 7 nitrogen and oxygen atoms in total. The van der Waals surface area contributed by atoms with Crippen LogP contribution < -0.4 is 0 Å². The first-order valence-corrected chi connectivity index (χ1v) is 5.41. The Morgan fingerprint density at radius 3 is 2.67 bits per heavy atom. The number of ether oxygens (including phenoxy) is 1. The lowest BCUT2D eigenvalue weighted by atomic mass is 9.92. The summed E-state index contributed by atoms with van der Waals surface area (Å²) in [5, 5.41) is 47.0. The molecule has 1 rings (SSSR count). The second-order valence-corrected chi connectivity index (χ2v) is 4.31. The zero-order chi connectivity index (χ0) is 13.9. The van der Waals surface area contributed by atoms with Gasteiger partial charge in [-0.05, 0) is 0 Å². The fraction of sp³-hybridized carbons (Fsp3) is 0.727. The zero-order valence-corrected chi connectivity index (χ0v) is 9.56. The predicted octanol–water partition coefficient (Wildman–Crippen LogP) is -1.96. The first-order chi connectivity index (χ1) is 8.30. The van der Waals surface area contributed by atoms with E-state index in [1.807, 2.05) is 0 Å². The molecule has 18 heavy (non-hydrogen) atoms. The predicted molar refractivity (Wildman–Crippen MR) is 58.2 cm³/mol. The minimum absolute atomic E-state index is 0.00578. The van der Waals surface area contributed by atoms with Gasteiger partial charge in [-0.2, -0.15) is 0 Å². The summed E-state index contributed by atoms with van der Waals surface area (Å²) in [5.41, 5.74) is 0. The first kappa shape index (κ1) is 14.9. The van der Waals surface area contributed by atoms with Crippen LogP contribution in [-0.4, -0.2) is 61.7 Å². The van der Waals surface area contributed by atoms with Gasteiger partial charge in [-0.15, -0.1) is 12.3 Å². The largest absolute Gasteiger partial charge is 0.477 e. The van der Waals surface area contributed by atoms with Crippen molar-refractivity contribution >= 4 is 5.97 Å². The van der Waals surface area contributed by atoms with Crippen LogP contribution in [0.25, 0.3) is 0 Å². The Hall–Kier alpha value is -1.17. The minimum atomic E-state index is -2.57. The molecule has 1 fully saturated rings. The lowest BCUT2D eigenvalue weighted by Crippen LogP contribution is -2.58. The van der Waals surface area contributed by atoms with Crippen LogP contribution in [0.3, 0.4) is 0 Å². The number of hydrogen-bond acceptors (Lipinski definition) is 6. The Morgan fingerprint density at radius 2 is 2.17 bits per heavy atom. The topological polar surface area (TPSA) is 127 Å². The van der Waals surface area contributed by atoms with E-state index >= 15 is 0 Å². The molecule has 102 valence electrons. The fourth-order valence-electron chi connectivity index (χ4n) is 1.83. The van der Waals surface area contributed by atoms with Crippen LogP contribution in [0, 0.1) is 12.3 Å². The number of aliphatic hydroxyl groups excluding tert-OH is 3. The van der Waals surface area contributed by atoms with Crippen LogP contribution >= 0.6 is 0 Å². The van der Waals surface area contributed by atoms with Gasteiger partial charge in [0.1, 0.15) is 6.10 Å². The number of terminal acetylenes is 1.